The molecule has 1 amide bonds. The van der Waals surface area contributed by atoms with Crippen LogP contribution >= 0.6 is 0 Å². The molecular formula is C12H23NO3. The number of amides is 1. The van der Waals surface area contributed by atoms with Gasteiger partial charge in [-0.05, 0) is 19.8 Å². The van der Waals surface area contributed by atoms with E-state index < -0.39 is 0 Å². The number of hydrogen-bond donors (Lipinski definition) is 2. The molecule has 16 heavy (non-hydrogen) atoms. The van der Waals surface area contributed by atoms with Crippen molar-refractivity contribution in [2.45, 2.75) is 45.1 Å². The Balaban J connectivity index is 2.10. The fourth-order valence-electron chi connectivity index (χ4n) is 2.07. The molecule has 1 saturated carbocycles. The van der Waals surface area contributed by atoms with E-state index in [1.807, 2.05) is 6.92 Å². The van der Waals surface area contributed by atoms with Crippen molar-refractivity contribution < 1.29 is 14.6 Å². The van der Waals surface area contributed by atoms with Crippen LogP contribution in [0.3, 0.4) is 0 Å². The first kappa shape index (κ1) is 13.5. The molecule has 0 saturated heterocycles. The summed E-state index contributed by atoms with van der Waals surface area (Å²) in [4.78, 5) is 11.4. The number of aliphatic hydroxyl groups is 1. The zero-order valence-electron chi connectivity index (χ0n) is 10.1. The third kappa shape index (κ3) is 4.94. The van der Waals surface area contributed by atoms with E-state index in [1.165, 1.54) is 0 Å². The SMILES string of the molecule is CCOCCC(=O)NCC1CCCCC1O. The Kier molecular flexibility index (Phi) is 6.42. The summed E-state index contributed by atoms with van der Waals surface area (Å²) in [6.45, 7) is 3.65. The molecule has 2 atom stereocenters. The highest BCUT2D eigenvalue weighted by Crippen LogP contribution is 2.23. The van der Waals surface area contributed by atoms with Gasteiger partial charge in [-0.2, -0.15) is 0 Å². The predicted molar refractivity (Wildman–Crippen MR) is 62.1 cm³/mol. The first-order valence-electron chi connectivity index (χ1n) is 6.26. The molecule has 4 heteroatoms. The molecule has 0 heterocycles. The average Bonchev–Trinajstić information content (AvgIpc) is 2.28. The number of carbonyl (C=O) groups excluding carboxylic acids is 1. The normalized spacial score (nSPS) is 25.4. The lowest BCUT2D eigenvalue weighted by molar-refractivity contribution is -0.122. The van der Waals surface area contributed by atoms with Gasteiger partial charge in [0.25, 0.3) is 0 Å². The summed E-state index contributed by atoms with van der Waals surface area (Å²) in [5.41, 5.74) is 0. The maximum absolute atomic E-state index is 11.4. The molecule has 94 valence electrons. The van der Waals surface area contributed by atoms with E-state index in [-0.39, 0.29) is 17.9 Å². The van der Waals surface area contributed by atoms with Gasteiger partial charge in [-0.15, -0.1) is 0 Å². The molecule has 1 fully saturated rings. The highest BCUT2D eigenvalue weighted by Gasteiger charge is 2.22. The van der Waals surface area contributed by atoms with Gasteiger partial charge in [0.05, 0.1) is 12.7 Å². The second-order valence-corrected chi connectivity index (χ2v) is 4.36. The molecule has 1 rings (SSSR count). The molecule has 0 bridgehead atoms. The molecule has 4 nitrogen and oxygen atoms in total. The molecule has 0 aliphatic heterocycles. The highest BCUT2D eigenvalue weighted by atomic mass is 16.5. The van der Waals surface area contributed by atoms with Crippen LogP contribution in [0.2, 0.25) is 0 Å². The number of hydrogen-bond acceptors (Lipinski definition) is 3. The lowest BCUT2D eigenvalue weighted by Gasteiger charge is -2.27. The van der Waals surface area contributed by atoms with Gasteiger partial charge >= 0.3 is 0 Å². The minimum Gasteiger partial charge on any atom is -0.393 e. The molecule has 1 aliphatic rings. The van der Waals surface area contributed by atoms with E-state index in [0.29, 0.717) is 26.2 Å². The maximum Gasteiger partial charge on any atom is 0.222 e. The van der Waals surface area contributed by atoms with Crippen LogP contribution in [0.5, 0.6) is 0 Å². The Hall–Kier alpha value is -0.610. The minimum absolute atomic E-state index is 0.0197. The molecule has 2 N–H and O–H groups in total. The second kappa shape index (κ2) is 7.63. The van der Waals surface area contributed by atoms with Gasteiger partial charge in [-0.25, -0.2) is 0 Å². The molecule has 0 aromatic heterocycles. The lowest BCUT2D eigenvalue weighted by atomic mass is 9.86. The molecule has 0 spiro atoms. The number of aliphatic hydroxyl groups excluding tert-OH is 1. The van der Waals surface area contributed by atoms with Crippen LogP contribution in [-0.2, 0) is 9.53 Å². The van der Waals surface area contributed by atoms with Crippen molar-refractivity contribution in [3.8, 4) is 0 Å². The molecular weight excluding hydrogens is 206 g/mol. The van der Waals surface area contributed by atoms with Crippen LogP contribution in [0.25, 0.3) is 0 Å². The van der Waals surface area contributed by atoms with Crippen molar-refractivity contribution >= 4 is 5.91 Å². The largest absolute Gasteiger partial charge is 0.393 e. The highest BCUT2D eigenvalue weighted by molar-refractivity contribution is 5.75. The van der Waals surface area contributed by atoms with Crippen LogP contribution in [0.4, 0.5) is 0 Å². The number of carbonyl (C=O) groups is 1. The molecule has 2 unspecified atom stereocenters. The summed E-state index contributed by atoms with van der Waals surface area (Å²) in [5, 5.41) is 12.6. The zero-order valence-corrected chi connectivity index (χ0v) is 10.1. The topological polar surface area (TPSA) is 58.6 Å². The van der Waals surface area contributed by atoms with Gasteiger partial charge in [-0.1, -0.05) is 12.8 Å². The summed E-state index contributed by atoms with van der Waals surface area (Å²) in [6.07, 6.45) is 4.34. The van der Waals surface area contributed by atoms with Gasteiger partial charge in [0, 0.05) is 25.5 Å². The minimum atomic E-state index is -0.235. The van der Waals surface area contributed by atoms with Crippen LogP contribution in [0, 0.1) is 5.92 Å². The molecule has 0 radical (unpaired) electrons. The first-order valence-corrected chi connectivity index (χ1v) is 6.26. The molecule has 0 aromatic carbocycles. The summed E-state index contributed by atoms with van der Waals surface area (Å²) < 4.78 is 5.11. The maximum atomic E-state index is 11.4. The lowest BCUT2D eigenvalue weighted by Crippen LogP contribution is -2.36. The van der Waals surface area contributed by atoms with E-state index >= 15 is 0 Å². The Morgan fingerprint density at radius 3 is 2.88 bits per heavy atom. The Morgan fingerprint density at radius 1 is 1.44 bits per heavy atom. The van der Waals surface area contributed by atoms with Gasteiger partial charge in [0.2, 0.25) is 5.91 Å². The quantitative estimate of drug-likeness (QED) is 0.670. The first-order chi connectivity index (χ1) is 7.74. The number of rotatable bonds is 6. The smallest absolute Gasteiger partial charge is 0.222 e. The van der Waals surface area contributed by atoms with Crippen molar-refractivity contribution in [1.29, 1.82) is 0 Å². The summed E-state index contributed by atoms with van der Waals surface area (Å²) in [5.74, 6) is 0.260. The van der Waals surface area contributed by atoms with Crippen molar-refractivity contribution in [1.82, 2.24) is 5.32 Å². The van der Waals surface area contributed by atoms with Crippen LogP contribution < -0.4 is 5.32 Å². The Bertz CT molecular complexity index is 208. The van der Waals surface area contributed by atoms with E-state index in [1.54, 1.807) is 0 Å². The second-order valence-electron chi connectivity index (χ2n) is 4.36. The predicted octanol–water partition coefficient (Wildman–Crippen LogP) is 1.08. The van der Waals surface area contributed by atoms with Crippen LogP contribution in [0.15, 0.2) is 0 Å². The third-order valence-electron chi connectivity index (χ3n) is 3.11. The van der Waals surface area contributed by atoms with Crippen LogP contribution in [-0.4, -0.2) is 36.9 Å². The van der Waals surface area contributed by atoms with Gasteiger partial charge in [0.1, 0.15) is 0 Å². The molecule has 1 aliphatic carbocycles. The van der Waals surface area contributed by atoms with Gasteiger partial charge in [-0.3, -0.25) is 4.79 Å². The van der Waals surface area contributed by atoms with Crippen molar-refractivity contribution in [2.75, 3.05) is 19.8 Å². The standard InChI is InChI=1S/C12H23NO3/c1-2-16-8-7-12(15)13-9-10-5-3-4-6-11(10)14/h10-11,14H,2-9H2,1H3,(H,13,15). The van der Waals surface area contributed by atoms with Crippen molar-refractivity contribution in [3.63, 3.8) is 0 Å². The third-order valence-corrected chi connectivity index (χ3v) is 3.11. The van der Waals surface area contributed by atoms with E-state index in [0.717, 1.165) is 25.7 Å². The number of nitrogens with one attached hydrogen (secondary N) is 1. The van der Waals surface area contributed by atoms with Crippen LogP contribution in [0.1, 0.15) is 39.0 Å². The van der Waals surface area contributed by atoms with E-state index in [9.17, 15) is 9.90 Å². The van der Waals surface area contributed by atoms with Gasteiger partial charge < -0.3 is 15.2 Å². The fraction of sp³-hybridized carbons (Fsp3) is 0.917. The Morgan fingerprint density at radius 2 is 2.19 bits per heavy atom. The van der Waals surface area contributed by atoms with Gasteiger partial charge in [0.15, 0.2) is 0 Å². The monoisotopic (exact) mass is 229 g/mol. The number of ether oxygens (including phenoxy) is 1. The fourth-order valence-corrected chi connectivity index (χ4v) is 2.07. The summed E-state index contributed by atoms with van der Waals surface area (Å²) >= 11 is 0. The van der Waals surface area contributed by atoms with E-state index in [2.05, 4.69) is 5.32 Å². The summed E-state index contributed by atoms with van der Waals surface area (Å²) in [6, 6.07) is 0. The van der Waals surface area contributed by atoms with Crippen molar-refractivity contribution in [3.05, 3.63) is 0 Å². The summed E-state index contributed by atoms with van der Waals surface area (Å²) in [7, 11) is 0. The van der Waals surface area contributed by atoms with Crippen molar-refractivity contribution in [2.24, 2.45) is 5.92 Å². The molecule has 0 aromatic rings. The zero-order chi connectivity index (χ0) is 11.8. The Labute approximate surface area is 97.4 Å². The van der Waals surface area contributed by atoms with E-state index in [4.69, 9.17) is 4.74 Å². The average molecular weight is 229 g/mol.